The molecular weight excluding hydrogens is 188 g/mol. The van der Waals surface area contributed by atoms with Crippen LogP contribution < -0.4 is 4.74 Å². The van der Waals surface area contributed by atoms with E-state index < -0.39 is 0 Å². The summed E-state index contributed by atoms with van der Waals surface area (Å²) >= 11 is 0. The minimum atomic E-state index is 0.709. The summed E-state index contributed by atoms with van der Waals surface area (Å²) in [5, 5.41) is 0. The molecule has 0 spiro atoms. The lowest BCUT2D eigenvalue weighted by molar-refractivity contribution is 0.340. The molecule has 0 amide bonds. The molecule has 0 aliphatic carbocycles. The molecule has 0 N–H and O–H groups in total. The van der Waals surface area contributed by atoms with Gasteiger partial charge in [-0.1, -0.05) is 12.1 Å². The van der Waals surface area contributed by atoms with Gasteiger partial charge in [0.05, 0.1) is 12.9 Å². The van der Waals surface area contributed by atoms with Crippen molar-refractivity contribution < 1.29 is 4.74 Å². The SMILES string of the molecule is CCOc1ccc(Cn2ccnc2)cc1. The zero-order chi connectivity index (χ0) is 10.5. The molecule has 0 atom stereocenters. The van der Waals surface area contributed by atoms with Crippen LogP contribution in [0.1, 0.15) is 12.5 Å². The molecule has 0 bridgehead atoms. The van der Waals surface area contributed by atoms with Crippen LogP contribution in [0, 0.1) is 0 Å². The van der Waals surface area contributed by atoms with Crippen LogP contribution in [-0.2, 0) is 6.54 Å². The van der Waals surface area contributed by atoms with E-state index in [0.717, 1.165) is 12.3 Å². The number of aromatic nitrogens is 2. The molecule has 1 aromatic carbocycles. The lowest BCUT2D eigenvalue weighted by Crippen LogP contribution is -1.96. The van der Waals surface area contributed by atoms with E-state index in [1.165, 1.54) is 5.56 Å². The normalized spacial score (nSPS) is 10.2. The fourth-order valence-electron chi connectivity index (χ4n) is 1.45. The summed E-state index contributed by atoms with van der Waals surface area (Å²) in [6, 6.07) is 8.14. The maximum Gasteiger partial charge on any atom is 0.119 e. The summed E-state index contributed by atoms with van der Waals surface area (Å²) < 4.78 is 7.41. The molecule has 1 aromatic heterocycles. The van der Waals surface area contributed by atoms with E-state index in [-0.39, 0.29) is 0 Å². The first kappa shape index (κ1) is 9.77. The molecule has 0 radical (unpaired) electrons. The van der Waals surface area contributed by atoms with Crippen LogP contribution in [0.3, 0.4) is 0 Å². The van der Waals surface area contributed by atoms with Gasteiger partial charge in [0.15, 0.2) is 0 Å². The third-order valence-electron chi connectivity index (χ3n) is 2.16. The molecule has 15 heavy (non-hydrogen) atoms. The van der Waals surface area contributed by atoms with Crippen molar-refractivity contribution in [2.75, 3.05) is 6.61 Å². The molecule has 1 heterocycles. The number of nitrogens with zero attached hydrogens (tertiary/aromatic N) is 2. The Morgan fingerprint density at radius 3 is 2.67 bits per heavy atom. The highest BCUT2D eigenvalue weighted by Crippen LogP contribution is 2.12. The maximum atomic E-state index is 5.38. The van der Waals surface area contributed by atoms with Gasteiger partial charge in [0.25, 0.3) is 0 Å². The summed E-state index contributed by atoms with van der Waals surface area (Å²) in [6.07, 6.45) is 5.56. The Labute approximate surface area is 89.3 Å². The highest BCUT2D eigenvalue weighted by atomic mass is 16.5. The first-order chi connectivity index (χ1) is 7.38. The monoisotopic (exact) mass is 202 g/mol. The van der Waals surface area contributed by atoms with Crippen LogP contribution in [0.25, 0.3) is 0 Å². The Balaban J connectivity index is 2.04. The van der Waals surface area contributed by atoms with Crippen molar-refractivity contribution in [1.82, 2.24) is 9.55 Å². The van der Waals surface area contributed by atoms with Crippen LogP contribution >= 0.6 is 0 Å². The van der Waals surface area contributed by atoms with Crippen LogP contribution in [0.4, 0.5) is 0 Å². The van der Waals surface area contributed by atoms with Crippen LogP contribution in [-0.4, -0.2) is 16.2 Å². The van der Waals surface area contributed by atoms with Gasteiger partial charge >= 0.3 is 0 Å². The zero-order valence-electron chi connectivity index (χ0n) is 8.76. The predicted octanol–water partition coefficient (Wildman–Crippen LogP) is 2.33. The van der Waals surface area contributed by atoms with Crippen LogP contribution in [0.2, 0.25) is 0 Å². The van der Waals surface area contributed by atoms with E-state index in [4.69, 9.17) is 4.74 Å². The summed E-state index contributed by atoms with van der Waals surface area (Å²) in [4.78, 5) is 4.00. The summed E-state index contributed by atoms with van der Waals surface area (Å²) in [5.41, 5.74) is 1.25. The quantitative estimate of drug-likeness (QED) is 0.760. The Morgan fingerprint density at radius 1 is 1.27 bits per heavy atom. The van der Waals surface area contributed by atoms with Crippen molar-refractivity contribution in [3.63, 3.8) is 0 Å². The predicted molar refractivity (Wildman–Crippen MR) is 58.9 cm³/mol. The third-order valence-corrected chi connectivity index (χ3v) is 2.16. The smallest absolute Gasteiger partial charge is 0.119 e. The highest BCUT2D eigenvalue weighted by molar-refractivity contribution is 5.27. The molecule has 0 fully saturated rings. The molecular formula is C12H14N2O. The van der Waals surface area contributed by atoms with Crippen molar-refractivity contribution in [1.29, 1.82) is 0 Å². The fraction of sp³-hybridized carbons (Fsp3) is 0.250. The summed E-state index contributed by atoms with van der Waals surface area (Å²) in [5.74, 6) is 0.923. The molecule has 0 unspecified atom stereocenters. The molecule has 2 aromatic rings. The minimum Gasteiger partial charge on any atom is -0.494 e. The van der Waals surface area contributed by atoms with Crippen LogP contribution in [0.15, 0.2) is 43.0 Å². The summed E-state index contributed by atoms with van der Waals surface area (Å²) in [6.45, 7) is 3.55. The average Bonchev–Trinajstić information content (AvgIpc) is 2.74. The number of ether oxygens (including phenoxy) is 1. The van der Waals surface area contributed by atoms with Crippen molar-refractivity contribution >= 4 is 0 Å². The summed E-state index contributed by atoms with van der Waals surface area (Å²) in [7, 11) is 0. The van der Waals surface area contributed by atoms with Crippen molar-refractivity contribution in [2.45, 2.75) is 13.5 Å². The molecule has 3 heteroatoms. The average molecular weight is 202 g/mol. The van der Waals surface area contributed by atoms with Gasteiger partial charge in [0.1, 0.15) is 5.75 Å². The maximum absolute atomic E-state index is 5.38. The molecule has 0 aliphatic heterocycles. The Morgan fingerprint density at radius 2 is 2.07 bits per heavy atom. The van der Waals surface area contributed by atoms with Gasteiger partial charge in [-0.3, -0.25) is 0 Å². The van der Waals surface area contributed by atoms with Crippen LogP contribution in [0.5, 0.6) is 5.75 Å². The minimum absolute atomic E-state index is 0.709. The molecule has 78 valence electrons. The highest BCUT2D eigenvalue weighted by Gasteiger charge is 1.95. The zero-order valence-corrected chi connectivity index (χ0v) is 8.76. The van der Waals surface area contributed by atoms with Crippen molar-refractivity contribution in [2.24, 2.45) is 0 Å². The second-order valence-electron chi connectivity index (χ2n) is 3.31. The Kier molecular flexibility index (Phi) is 3.02. The largest absolute Gasteiger partial charge is 0.494 e. The number of imidazole rings is 1. The van der Waals surface area contributed by atoms with Gasteiger partial charge in [0.2, 0.25) is 0 Å². The third kappa shape index (κ3) is 2.59. The van der Waals surface area contributed by atoms with E-state index in [1.807, 2.05) is 36.1 Å². The molecule has 0 saturated heterocycles. The number of hydrogen-bond acceptors (Lipinski definition) is 2. The van der Waals surface area contributed by atoms with Gasteiger partial charge in [0, 0.05) is 18.9 Å². The molecule has 0 saturated carbocycles. The topological polar surface area (TPSA) is 27.1 Å². The van der Waals surface area contributed by atoms with Gasteiger partial charge in [-0.25, -0.2) is 4.98 Å². The van der Waals surface area contributed by atoms with E-state index in [2.05, 4.69) is 17.1 Å². The molecule has 3 nitrogen and oxygen atoms in total. The lowest BCUT2D eigenvalue weighted by atomic mass is 10.2. The van der Waals surface area contributed by atoms with E-state index in [1.54, 1.807) is 6.20 Å². The van der Waals surface area contributed by atoms with E-state index in [0.29, 0.717) is 6.61 Å². The fourth-order valence-corrected chi connectivity index (χ4v) is 1.45. The van der Waals surface area contributed by atoms with Crippen molar-refractivity contribution in [3.05, 3.63) is 48.5 Å². The van der Waals surface area contributed by atoms with E-state index >= 15 is 0 Å². The number of benzene rings is 1. The molecule has 0 aliphatic rings. The van der Waals surface area contributed by atoms with Crippen molar-refractivity contribution in [3.8, 4) is 5.75 Å². The number of rotatable bonds is 4. The van der Waals surface area contributed by atoms with Gasteiger partial charge in [-0.15, -0.1) is 0 Å². The van der Waals surface area contributed by atoms with Gasteiger partial charge in [-0.2, -0.15) is 0 Å². The van der Waals surface area contributed by atoms with Gasteiger partial charge < -0.3 is 9.30 Å². The first-order valence-corrected chi connectivity index (χ1v) is 5.06. The lowest BCUT2D eigenvalue weighted by Gasteiger charge is -2.05. The Bertz CT molecular complexity index is 392. The first-order valence-electron chi connectivity index (χ1n) is 5.06. The second kappa shape index (κ2) is 4.64. The van der Waals surface area contributed by atoms with E-state index in [9.17, 15) is 0 Å². The number of hydrogen-bond donors (Lipinski definition) is 0. The standard InChI is InChI=1S/C12H14N2O/c1-2-15-12-5-3-11(4-6-12)9-14-8-7-13-10-14/h3-8,10H,2,9H2,1H3. The second-order valence-corrected chi connectivity index (χ2v) is 3.31. The van der Waals surface area contributed by atoms with Gasteiger partial charge in [-0.05, 0) is 24.6 Å². The molecule has 2 rings (SSSR count). The Hall–Kier alpha value is -1.77.